The summed E-state index contributed by atoms with van der Waals surface area (Å²) in [6.45, 7) is 0. The molecule has 0 aliphatic rings. The Morgan fingerprint density at radius 3 is 1.91 bits per heavy atom. The van der Waals surface area contributed by atoms with Gasteiger partial charge < -0.3 is 0 Å². The third kappa shape index (κ3) is 3.61. The van der Waals surface area contributed by atoms with E-state index >= 15 is 0 Å². The van der Waals surface area contributed by atoms with Gasteiger partial charge in [-0.25, -0.2) is 0 Å². The zero-order chi connectivity index (χ0) is 17.0. The number of methoxy groups -OCH3 is 3. The van der Waals surface area contributed by atoms with Crippen molar-refractivity contribution in [3.63, 3.8) is 0 Å². The summed E-state index contributed by atoms with van der Waals surface area (Å²) < 4.78 is 17.0. The molecule has 0 saturated carbocycles. The number of benzene rings is 2. The van der Waals surface area contributed by atoms with Crippen molar-refractivity contribution in [2.24, 2.45) is 0 Å². The van der Waals surface area contributed by atoms with Crippen molar-refractivity contribution in [2.45, 2.75) is 0 Å². The van der Waals surface area contributed by atoms with E-state index in [1.54, 1.807) is 24.1 Å². The molecule has 0 N–H and O–H groups in total. The fourth-order valence-corrected chi connectivity index (χ4v) is 2.55. The molecule has 0 aliphatic heterocycles. The molecule has 0 fully saturated rings. The van der Waals surface area contributed by atoms with E-state index in [9.17, 15) is 4.79 Å². The van der Waals surface area contributed by atoms with Crippen molar-refractivity contribution >= 4 is 32.5 Å². The first kappa shape index (κ1) is 17.2. The van der Waals surface area contributed by atoms with Crippen LogP contribution in [0.25, 0.3) is 0 Å². The van der Waals surface area contributed by atoms with Gasteiger partial charge in [0.05, 0.1) is 0 Å². The van der Waals surface area contributed by atoms with E-state index < -0.39 is 0 Å². The third-order valence-corrected chi connectivity index (χ3v) is 4.17. The van der Waals surface area contributed by atoms with Crippen molar-refractivity contribution < 1.29 is 19.0 Å². The molecular formula is C17H18GeNO4. The Labute approximate surface area is 144 Å². The molecule has 0 bridgehead atoms. The number of anilines is 1. The Kier molecular flexibility index (Phi) is 5.55. The summed E-state index contributed by atoms with van der Waals surface area (Å²) in [4.78, 5) is 14.3. The fraction of sp³-hybridized carbons (Fsp3) is 0.235. The maximum atomic E-state index is 12.7. The summed E-state index contributed by atoms with van der Waals surface area (Å²) in [6.07, 6.45) is 0. The van der Waals surface area contributed by atoms with E-state index in [0.717, 1.165) is 10.1 Å². The second kappa shape index (κ2) is 7.41. The Balaban J connectivity index is 2.40. The van der Waals surface area contributed by atoms with Crippen molar-refractivity contribution in [2.75, 3.05) is 33.3 Å². The molecule has 0 unspecified atom stereocenters. The number of ether oxygens (including phenoxy) is 3. The van der Waals surface area contributed by atoms with E-state index in [2.05, 4.69) is 0 Å². The molecule has 3 radical (unpaired) electrons. The minimum absolute atomic E-state index is 0.159. The van der Waals surface area contributed by atoms with Gasteiger partial charge in [-0.15, -0.1) is 0 Å². The standard InChI is InChI=1S/C17H18GeNO4/c1-19(13-7-5-12(18)6-8-13)17(20)11-9-14(21-2)16(23-4)15(10-11)22-3/h5-10H,1-4H3. The van der Waals surface area contributed by atoms with Crippen LogP contribution in [0.1, 0.15) is 10.4 Å². The molecule has 5 nitrogen and oxygen atoms in total. The molecule has 0 atom stereocenters. The SMILES string of the molecule is COc1cc(C(=O)N(C)c2cc[c]([Ge])cc2)cc(OC)c1OC. The topological polar surface area (TPSA) is 48.0 Å². The van der Waals surface area contributed by atoms with E-state index in [0.29, 0.717) is 22.8 Å². The fourth-order valence-electron chi connectivity index (χ4n) is 2.20. The molecular weight excluding hydrogens is 355 g/mol. The number of amides is 1. The molecule has 0 spiro atoms. The van der Waals surface area contributed by atoms with Crippen molar-refractivity contribution in [3.05, 3.63) is 42.0 Å². The minimum atomic E-state index is -0.159. The van der Waals surface area contributed by atoms with Crippen molar-refractivity contribution in [3.8, 4) is 17.2 Å². The quantitative estimate of drug-likeness (QED) is 0.751. The number of hydrogen-bond donors (Lipinski definition) is 0. The normalized spacial score (nSPS) is 10.1. The van der Waals surface area contributed by atoms with Crippen LogP contribution < -0.4 is 23.5 Å². The van der Waals surface area contributed by atoms with Crippen LogP contribution in [0.4, 0.5) is 5.69 Å². The van der Waals surface area contributed by atoms with E-state index in [1.165, 1.54) is 21.3 Å². The molecule has 119 valence electrons. The predicted octanol–water partition coefficient (Wildman–Crippen LogP) is 1.78. The van der Waals surface area contributed by atoms with Gasteiger partial charge in [-0.2, -0.15) is 0 Å². The Hall–Kier alpha value is -2.15. The molecule has 0 aromatic heterocycles. The van der Waals surface area contributed by atoms with Crippen LogP contribution >= 0.6 is 0 Å². The predicted molar refractivity (Wildman–Crippen MR) is 90.7 cm³/mol. The van der Waals surface area contributed by atoms with Gasteiger partial charge in [-0.3, -0.25) is 0 Å². The molecule has 1 amide bonds. The second-order valence-electron chi connectivity index (χ2n) is 4.83. The zero-order valence-electron chi connectivity index (χ0n) is 13.5. The second-order valence-corrected chi connectivity index (χ2v) is 6.04. The molecule has 23 heavy (non-hydrogen) atoms. The molecule has 2 aromatic rings. The molecule has 2 rings (SSSR count). The van der Waals surface area contributed by atoms with Crippen LogP contribution in [0.3, 0.4) is 0 Å². The summed E-state index contributed by atoms with van der Waals surface area (Å²) in [7, 11) is 6.31. The van der Waals surface area contributed by atoms with Gasteiger partial charge in [0, 0.05) is 0 Å². The first-order chi connectivity index (χ1) is 11.0. The molecule has 0 saturated heterocycles. The number of carbonyl (C=O) groups excluding carboxylic acids is 1. The van der Waals surface area contributed by atoms with E-state index in [4.69, 9.17) is 14.2 Å². The Bertz CT molecular complexity index is 675. The van der Waals surface area contributed by atoms with Crippen LogP contribution in [-0.4, -0.2) is 50.8 Å². The molecule has 0 aliphatic carbocycles. The molecule has 2 aromatic carbocycles. The average Bonchev–Trinajstić information content (AvgIpc) is 2.59. The summed E-state index contributed by atoms with van der Waals surface area (Å²) in [6, 6.07) is 11.0. The Morgan fingerprint density at radius 2 is 1.48 bits per heavy atom. The maximum absolute atomic E-state index is 12.7. The number of nitrogens with zero attached hydrogens (tertiary/aromatic N) is 1. The summed E-state index contributed by atoms with van der Waals surface area (Å²) >= 11 is 2.00. The number of rotatable bonds is 5. The monoisotopic (exact) mass is 374 g/mol. The Morgan fingerprint density at radius 1 is 0.957 bits per heavy atom. The molecule has 6 heteroatoms. The first-order valence-electron chi connectivity index (χ1n) is 6.91. The average molecular weight is 373 g/mol. The molecule has 0 heterocycles. The van der Waals surface area contributed by atoms with Crippen LogP contribution in [-0.2, 0) is 0 Å². The van der Waals surface area contributed by atoms with Crippen LogP contribution in [0.15, 0.2) is 36.4 Å². The van der Waals surface area contributed by atoms with Crippen LogP contribution in [0.2, 0.25) is 0 Å². The van der Waals surface area contributed by atoms with Gasteiger partial charge in [0.2, 0.25) is 0 Å². The van der Waals surface area contributed by atoms with Gasteiger partial charge in [0.25, 0.3) is 0 Å². The van der Waals surface area contributed by atoms with Gasteiger partial charge in [0.15, 0.2) is 0 Å². The first-order valence-corrected chi connectivity index (χ1v) is 7.96. The summed E-state index contributed by atoms with van der Waals surface area (Å²) in [5.41, 5.74) is 1.27. The van der Waals surface area contributed by atoms with Gasteiger partial charge in [-0.05, 0) is 0 Å². The van der Waals surface area contributed by atoms with E-state index in [-0.39, 0.29) is 5.91 Å². The number of carbonyl (C=O) groups is 1. The third-order valence-electron chi connectivity index (χ3n) is 3.47. The van der Waals surface area contributed by atoms with Crippen molar-refractivity contribution in [1.82, 2.24) is 0 Å². The summed E-state index contributed by atoms with van der Waals surface area (Å²) in [5.74, 6) is 1.21. The number of hydrogen-bond acceptors (Lipinski definition) is 4. The van der Waals surface area contributed by atoms with Gasteiger partial charge in [-0.1, -0.05) is 0 Å². The van der Waals surface area contributed by atoms with Gasteiger partial charge in [0.1, 0.15) is 0 Å². The van der Waals surface area contributed by atoms with Gasteiger partial charge >= 0.3 is 144 Å². The zero-order valence-corrected chi connectivity index (χ0v) is 15.6. The summed E-state index contributed by atoms with van der Waals surface area (Å²) in [5, 5.41) is 0. The van der Waals surface area contributed by atoms with Crippen LogP contribution in [0, 0.1) is 0 Å². The van der Waals surface area contributed by atoms with Crippen molar-refractivity contribution in [1.29, 1.82) is 0 Å². The van der Waals surface area contributed by atoms with Crippen LogP contribution in [0.5, 0.6) is 17.2 Å². The van der Waals surface area contributed by atoms with E-state index in [1.807, 2.05) is 40.8 Å².